The number of aromatic nitrogens is 2. The molecule has 4 rings (SSSR count). The van der Waals surface area contributed by atoms with Crippen LogP contribution in [-0.4, -0.2) is 46.8 Å². The summed E-state index contributed by atoms with van der Waals surface area (Å²) in [5.74, 6) is -0.468. The fourth-order valence-electron chi connectivity index (χ4n) is 4.38. The highest BCUT2D eigenvalue weighted by atomic mass is 32.1. The number of urea groups is 1. The number of carbonyl (C=O) groups is 3. The van der Waals surface area contributed by atoms with Crippen LogP contribution in [0.1, 0.15) is 60.6 Å². The second-order valence-corrected chi connectivity index (χ2v) is 9.28. The number of hydrogen-bond acceptors (Lipinski definition) is 8. The van der Waals surface area contributed by atoms with E-state index in [9.17, 15) is 19.2 Å². The number of rotatable bonds is 6. The second-order valence-electron chi connectivity index (χ2n) is 8.28. The molecule has 34 heavy (non-hydrogen) atoms. The molecule has 0 saturated heterocycles. The molecule has 0 bridgehead atoms. The van der Waals surface area contributed by atoms with Gasteiger partial charge >= 0.3 is 18.0 Å². The van der Waals surface area contributed by atoms with Gasteiger partial charge in [-0.1, -0.05) is 13.3 Å². The highest BCUT2D eigenvalue weighted by Crippen LogP contribution is 2.29. The van der Waals surface area contributed by atoms with E-state index in [1.54, 1.807) is 18.4 Å². The highest BCUT2D eigenvalue weighted by molar-refractivity contribution is 7.20. The van der Waals surface area contributed by atoms with Crippen LogP contribution in [0.25, 0.3) is 10.2 Å². The van der Waals surface area contributed by atoms with Crippen molar-refractivity contribution >= 4 is 39.5 Å². The monoisotopic (exact) mass is 488 g/mol. The van der Waals surface area contributed by atoms with Crippen LogP contribution in [0.4, 0.5) is 4.79 Å². The Bertz CT molecular complexity index is 1240. The number of esters is 2. The van der Waals surface area contributed by atoms with Gasteiger partial charge in [0.05, 0.1) is 29.3 Å². The first-order valence-corrected chi connectivity index (χ1v) is 12.3. The Hall–Kier alpha value is -3.21. The quantitative estimate of drug-likeness (QED) is 0.598. The maximum Gasteiger partial charge on any atom is 0.349 e. The lowest BCUT2D eigenvalue weighted by atomic mass is 10.0. The summed E-state index contributed by atoms with van der Waals surface area (Å²) in [7, 11) is 0. The topological polar surface area (TPSA) is 129 Å². The Labute approximate surface area is 200 Å². The molecule has 0 saturated carbocycles. The Balaban J connectivity index is 1.63. The number of nitrogens with zero attached hydrogens (tertiary/aromatic N) is 2. The minimum Gasteiger partial charge on any atom is -0.463 e. The predicted octanol–water partition coefficient (Wildman–Crippen LogP) is 2.56. The average molecular weight is 489 g/mol. The van der Waals surface area contributed by atoms with Crippen molar-refractivity contribution in [2.24, 2.45) is 0 Å². The lowest BCUT2D eigenvalue weighted by molar-refractivity contribution is -0.139. The van der Waals surface area contributed by atoms with Crippen LogP contribution >= 0.6 is 11.3 Å². The van der Waals surface area contributed by atoms with Crippen molar-refractivity contribution in [2.75, 3.05) is 13.2 Å². The van der Waals surface area contributed by atoms with Crippen LogP contribution in [0.2, 0.25) is 0 Å². The molecule has 1 unspecified atom stereocenters. The molecular formula is C23H28N4O6S. The van der Waals surface area contributed by atoms with Crippen molar-refractivity contribution in [1.29, 1.82) is 0 Å². The number of ether oxygens (including phenoxy) is 2. The normalized spacial score (nSPS) is 18.1. The summed E-state index contributed by atoms with van der Waals surface area (Å²) >= 11 is 1.13. The number of thiophene rings is 1. The summed E-state index contributed by atoms with van der Waals surface area (Å²) in [5, 5.41) is 5.68. The zero-order valence-corrected chi connectivity index (χ0v) is 20.3. The Morgan fingerprint density at radius 2 is 1.94 bits per heavy atom. The molecule has 2 aliphatic rings. The maximum atomic E-state index is 13.1. The van der Waals surface area contributed by atoms with Gasteiger partial charge in [-0.3, -0.25) is 9.36 Å². The van der Waals surface area contributed by atoms with Crippen molar-refractivity contribution in [3.05, 3.63) is 37.9 Å². The molecule has 11 heteroatoms. The van der Waals surface area contributed by atoms with E-state index in [0.29, 0.717) is 28.7 Å². The number of nitrogens with one attached hydrogen (secondary N) is 2. The molecule has 2 N–H and O–H groups in total. The third kappa shape index (κ3) is 4.44. The van der Waals surface area contributed by atoms with Crippen molar-refractivity contribution in [1.82, 2.24) is 20.2 Å². The molecule has 2 aromatic rings. The Morgan fingerprint density at radius 3 is 2.68 bits per heavy atom. The average Bonchev–Trinajstić information content (AvgIpc) is 2.97. The molecule has 10 nitrogen and oxygen atoms in total. The van der Waals surface area contributed by atoms with E-state index in [2.05, 4.69) is 15.6 Å². The summed E-state index contributed by atoms with van der Waals surface area (Å²) < 4.78 is 12.3. The number of fused-ring (bicyclic) bond motifs is 2. The van der Waals surface area contributed by atoms with Crippen LogP contribution in [0.3, 0.4) is 0 Å². The van der Waals surface area contributed by atoms with Crippen LogP contribution in [0.15, 0.2) is 16.1 Å². The van der Waals surface area contributed by atoms with Gasteiger partial charge in [0.1, 0.15) is 22.1 Å². The zero-order valence-electron chi connectivity index (χ0n) is 19.5. The minimum atomic E-state index is -0.642. The second kappa shape index (κ2) is 9.96. The van der Waals surface area contributed by atoms with Crippen molar-refractivity contribution in [3.8, 4) is 0 Å². The van der Waals surface area contributed by atoms with E-state index in [-0.39, 0.29) is 34.9 Å². The Morgan fingerprint density at radius 1 is 1.15 bits per heavy atom. The highest BCUT2D eigenvalue weighted by Gasteiger charge is 2.32. The summed E-state index contributed by atoms with van der Waals surface area (Å²) in [6, 6.07) is -1.03. The number of carbonyl (C=O) groups excluding carboxylic acids is 3. The molecule has 1 atom stereocenters. The van der Waals surface area contributed by atoms with Crippen LogP contribution in [0, 0.1) is 6.92 Å². The van der Waals surface area contributed by atoms with Gasteiger partial charge in [-0.15, -0.1) is 11.3 Å². The van der Waals surface area contributed by atoms with Gasteiger partial charge in [-0.25, -0.2) is 19.4 Å². The van der Waals surface area contributed by atoms with E-state index in [1.807, 2.05) is 6.92 Å². The first-order chi connectivity index (χ1) is 16.3. The van der Waals surface area contributed by atoms with E-state index in [1.165, 1.54) is 0 Å². The summed E-state index contributed by atoms with van der Waals surface area (Å²) in [6.45, 7) is 5.72. The largest absolute Gasteiger partial charge is 0.463 e. The summed E-state index contributed by atoms with van der Waals surface area (Å²) in [6.07, 6.45) is 4.17. The van der Waals surface area contributed by atoms with E-state index in [4.69, 9.17) is 9.47 Å². The smallest absolute Gasteiger partial charge is 0.349 e. The lowest BCUT2D eigenvalue weighted by Crippen LogP contribution is -2.51. The van der Waals surface area contributed by atoms with Crippen molar-refractivity contribution in [2.45, 2.75) is 65.5 Å². The molecule has 4 heterocycles. The molecular weight excluding hydrogens is 460 g/mol. The molecule has 0 aliphatic carbocycles. The van der Waals surface area contributed by atoms with Crippen molar-refractivity contribution in [3.63, 3.8) is 0 Å². The third-order valence-corrected chi connectivity index (χ3v) is 7.26. The van der Waals surface area contributed by atoms with E-state index in [0.717, 1.165) is 42.8 Å². The number of aryl methyl sites for hydroxylation is 2. The molecule has 0 radical (unpaired) electrons. The number of amides is 2. The summed E-state index contributed by atoms with van der Waals surface area (Å²) in [4.78, 5) is 56.2. The standard InChI is InChI=1S/C23H28N4O6S/c1-4-13-17(21(29)32-5-2)14(25-23(31)24-13)11-33-22(30)18-12(3)16-19(34-18)26-15-9-7-6-8-10-27(15)20(16)28/h13H,4-11H2,1-3H3,(H2,24,25,31). The molecule has 182 valence electrons. The molecule has 2 amide bonds. The van der Waals surface area contributed by atoms with E-state index >= 15 is 0 Å². The van der Waals surface area contributed by atoms with Gasteiger partial charge in [0.25, 0.3) is 5.56 Å². The number of hydrogen-bond donors (Lipinski definition) is 2. The first kappa shape index (κ1) is 23.9. The van der Waals surface area contributed by atoms with Gasteiger partial charge in [0, 0.05) is 13.0 Å². The van der Waals surface area contributed by atoms with E-state index < -0.39 is 24.0 Å². The molecule has 0 fully saturated rings. The van der Waals surface area contributed by atoms with Gasteiger partial charge in [-0.2, -0.15) is 0 Å². The molecule has 2 aromatic heterocycles. The van der Waals surface area contributed by atoms with Gasteiger partial charge in [-0.05, 0) is 38.7 Å². The predicted molar refractivity (Wildman–Crippen MR) is 126 cm³/mol. The lowest BCUT2D eigenvalue weighted by Gasteiger charge is -2.28. The SMILES string of the molecule is CCOC(=O)C1=C(COC(=O)c2sc3nc4n(c(=O)c3c2C)CCCCC4)NC(=O)NC1CC. The fraction of sp³-hybridized carbons (Fsp3) is 0.522. The molecule has 2 aliphatic heterocycles. The molecule has 0 aromatic carbocycles. The third-order valence-electron chi connectivity index (χ3n) is 6.09. The van der Waals surface area contributed by atoms with Crippen LogP contribution in [0.5, 0.6) is 0 Å². The summed E-state index contributed by atoms with van der Waals surface area (Å²) in [5.41, 5.74) is 0.820. The Kier molecular flexibility index (Phi) is 7.01. The van der Waals surface area contributed by atoms with Crippen LogP contribution < -0.4 is 16.2 Å². The van der Waals surface area contributed by atoms with Gasteiger partial charge in [0.15, 0.2) is 0 Å². The maximum absolute atomic E-state index is 13.1. The van der Waals surface area contributed by atoms with Gasteiger partial charge < -0.3 is 20.1 Å². The minimum absolute atomic E-state index is 0.126. The molecule has 0 spiro atoms. The van der Waals surface area contributed by atoms with Crippen LogP contribution in [-0.2, 0) is 27.2 Å². The van der Waals surface area contributed by atoms with Crippen molar-refractivity contribution < 1.29 is 23.9 Å². The first-order valence-electron chi connectivity index (χ1n) is 11.5. The van der Waals surface area contributed by atoms with Gasteiger partial charge in [0.2, 0.25) is 0 Å². The zero-order chi connectivity index (χ0) is 24.4. The fourth-order valence-corrected chi connectivity index (χ4v) is 5.47.